The van der Waals surface area contributed by atoms with Gasteiger partial charge in [-0.2, -0.15) is 0 Å². The van der Waals surface area contributed by atoms with Crippen LogP contribution in [0.4, 0.5) is 0 Å². The third-order valence-corrected chi connectivity index (χ3v) is 5.97. The standard InChI is InChI=1S/C20H28N4OS/c1-14-9-10-15(2)18(11-14)24-16(3)22-23-20(24)26-13-19(25)21-12-17-7-5-4-6-8-17/h9-11,17H,4-8,12-13H2,1-3H3,(H,21,25). The summed E-state index contributed by atoms with van der Waals surface area (Å²) in [5.41, 5.74) is 3.44. The van der Waals surface area contributed by atoms with E-state index in [1.54, 1.807) is 0 Å². The molecule has 1 aliphatic rings. The third kappa shape index (κ3) is 4.67. The highest BCUT2D eigenvalue weighted by molar-refractivity contribution is 7.99. The van der Waals surface area contributed by atoms with E-state index in [0.29, 0.717) is 11.7 Å². The first-order valence-corrected chi connectivity index (χ1v) is 10.4. The highest BCUT2D eigenvalue weighted by atomic mass is 32.2. The average Bonchev–Trinajstić information content (AvgIpc) is 3.01. The van der Waals surface area contributed by atoms with E-state index in [4.69, 9.17) is 0 Å². The Labute approximate surface area is 160 Å². The number of nitrogens with zero attached hydrogens (tertiary/aromatic N) is 3. The molecule has 5 nitrogen and oxygen atoms in total. The molecular weight excluding hydrogens is 344 g/mol. The molecule has 1 fully saturated rings. The summed E-state index contributed by atoms with van der Waals surface area (Å²) in [5, 5.41) is 12.4. The van der Waals surface area contributed by atoms with Crippen molar-refractivity contribution >= 4 is 17.7 Å². The maximum Gasteiger partial charge on any atom is 0.230 e. The molecule has 1 amide bonds. The molecule has 3 rings (SSSR count). The van der Waals surface area contributed by atoms with Crippen molar-refractivity contribution in [2.45, 2.75) is 58.0 Å². The van der Waals surface area contributed by atoms with Crippen LogP contribution in [0.3, 0.4) is 0 Å². The first-order valence-electron chi connectivity index (χ1n) is 9.43. The first kappa shape index (κ1) is 19.0. The van der Waals surface area contributed by atoms with Gasteiger partial charge in [0.05, 0.1) is 11.4 Å². The van der Waals surface area contributed by atoms with Gasteiger partial charge in [0.1, 0.15) is 5.82 Å². The van der Waals surface area contributed by atoms with E-state index in [1.807, 2.05) is 11.5 Å². The van der Waals surface area contributed by atoms with Crippen LogP contribution in [0.2, 0.25) is 0 Å². The van der Waals surface area contributed by atoms with E-state index in [1.165, 1.54) is 55.0 Å². The highest BCUT2D eigenvalue weighted by Crippen LogP contribution is 2.25. The second kappa shape index (κ2) is 8.71. The summed E-state index contributed by atoms with van der Waals surface area (Å²) in [6, 6.07) is 6.35. The Balaban J connectivity index is 1.62. The van der Waals surface area contributed by atoms with Crippen molar-refractivity contribution in [3.8, 4) is 5.69 Å². The Hall–Kier alpha value is -1.82. The SMILES string of the molecule is Cc1ccc(C)c(-n2c(C)nnc2SCC(=O)NCC2CCCCC2)c1. The van der Waals surface area contributed by atoms with Crippen LogP contribution in [0.15, 0.2) is 23.4 Å². The van der Waals surface area contributed by atoms with Crippen molar-refractivity contribution in [3.05, 3.63) is 35.2 Å². The Morgan fingerprint density at radius 3 is 2.73 bits per heavy atom. The molecule has 0 radical (unpaired) electrons. The second-order valence-electron chi connectivity index (χ2n) is 7.25. The average molecular weight is 373 g/mol. The largest absolute Gasteiger partial charge is 0.355 e. The van der Waals surface area contributed by atoms with Crippen molar-refractivity contribution in [3.63, 3.8) is 0 Å². The van der Waals surface area contributed by atoms with E-state index >= 15 is 0 Å². The number of aryl methyl sites for hydroxylation is 3. The Kier molecular flexibility index (Phi) is 6.35. The molecule has 6 heteroatoms. The fraction of sp³-hybridized carbons (Fsp3) is 0.550. The van der Waals surface area contributed by atoms with Gasteiger partial charge in [0, 0.05) is 6.54 Å². The molecule has 2 aromatic rings. The number of nitrogens with one attached hydrogen (secondary N) is 1. The minimum absolute atomic E-state index is 0.0775. The van der Waals surface area contributed by atoms with Gasteiger partial charge in [0.15, 0.2) is 5.16 Å². The van der Waals surface area contributed by atoms with Crippen LogP contribution in [0.1, 0.15) is 49.1 Å². The summed E-state index contributed by atoms with van der Waals surface area (Å²) in [6.45, 7) is 6.91. The molecule has 0 spiro atoms. The van der Waals surface area contributed by atoms with Gasteiger partial charge >= 0.3 is 0 Å². The summed E-state index contributed by atoms with van der Waals surface area (Å²) < 4.78 is 2.04. The van der Waals surface area contributed by atoms with Crippen molar-refractivity contribution in [1.29, 1.82) is 0 Å². The van der Waals surface area contributed by atoms with Gasteiger partial charge in [-0.15, -0.1) is 10.2 Å². The lowest BCUT2D eigenvalue weighted by Crippen LogP contribution is -2.31. The molecule has 1 saturated carbocycles. The monoisotopic (exact) mass is 372 g/mol. The number of amides is 1. The zero-order valence-corrected chi connectivity index (χ0v) is 16.7. The van der Waals surface area contributed by atoms with Gasteiger partial charge < -0.3 is 5.32 Å². The fourth-order valence-electron chi connectivity index (χ4n) is 3.50. The normalized spacial score (nSPS) is 15.2. The van der Waals surface area contributed by atoms with Crippen LogP contribution in [-0.4, -0.2) is 33.0 Å². The number of rotatable bonds is 6. The highest BCUT2D eigenvalue weighted by Gasteiger charge is 2.17. The number of aromatic nitrogens is 3. The molecule has 26 heavy (non-hydrogen) atoms. The molecule has 1 aromatic carbocycles. The number of hydrogen-bond acceptors (Lipinski definition) is 4. The van der Waals surface area contributed by atoms with Gasteiger partial charge in [-0.3, -0.25) is 9.36 Å². The molecule has 140 valence electrons. The number of carbonyl (C=O) groups excluding carboxylic acids is 1. The van der Waals surface area contributed by atoms with Crippen LogP contribution in [0, 0.1) is 26.7 Å². The van der Waals surface area contributed by atoms with E-state index in [9.17, 15) is 4.79 Å². The minimum Gasteiger partial charge on any atom is -0.355 e. The minimum atomic E-state index is 0.0775. The molecular formula is C20H28N4OS. The van der Waals surface area contributed by atoms with E-state index in [0.717, 1.165) is 23.2 Å². The molecule has 0 saturated heterocycles. The number of thioether (sulfide) groups is 1. The molecule has 0 bridgehead atoms. The van der Waals surface area contributed by atoms with Crippen LogP contribution in [0.5, 0.6) is 0 Å². The second-order valence-corrected chi connectivity index (χ2v) is 8.19. The molecule has 1 aromatic heterocycles. The van der Waals surface area contributed by atoms with Gasteiger partial charge in [0.25, 0.3) is 0 Å². The van der Waals surface area contributed by atoms with E-state index in [-0.39, 0.29) is 5.91 Å². The van der Waals surface area contributed by atoms with Gasteiger partial charge in [-0.25, -0.2) is 0 Å². The number of carbonyl (C=O) groups is 1. The number of hydrogen-bond donors (Lipinski definition) is 1. The van der Waals surface area contributed by atoms with Crippen LogP contribution >= 0.6 is 11.8 Å². The van der Waals surface area contributed by atoms with E-state index in [2.05, 4.69) is 47.6 Å². The number of benzene rings is 1. The molecule has 1 heterocycles. The van der Waals surface area contributed by atoms with Crippen molar-refractivity contribution in [2.24, 2.45) is 5.92 Å². The molecule has 0 aliphatic heterocycles. The van der Waals surface area contributed by atoms with Gasteiger partial charge in [0.2, 0.25) is 5.91 Å². The summed E-state index contributed by atoms with van der Waals surface area (Å²) in [4.78, 5) is 12.2. The maximum atomic E-state index is 12.2. The molecule has 0 unspecified atom stereocenters. The quantitative estimate of drug-likeness (QED) is 0.779. The predicted octanol–water partition coefficient (Wildman–Crippen LogP) is 3.98. The fourth-order valence-corrected chi connectivity index (χ4v) is 4.33. The molecule has 0 atom stereocenters. The summed E-state index contributed by atoms with van der Waals surface area (Å²) in [7, 11) is 0. The molecule has 1 N–H and O–H groups in total. The lowest BCUT2D eigenvalue weighted by Gasteiger charge is -2.21. The van der Waals surface area contributed by atoms with Crippen molar-refractivity contribution in [1.82, 2.24) is 20.1 Å². The first-order chi connectivity index (χ1) is 12.5. The summed E-state index contributed by atoms with van der Waals surface area (Å²) in [6.07, 6.45) is 6.43. The topological polar surface area (TPSA) is 59.8 Å². The zero-order valence-electron chi connectivity index (χ0n) is 15.9. The Bertz CT molecular complexity index is 765. The Morgan fingerprint density at radius 2 is 1.96 bits per heavy atom. The summed E-state index contributed by atoms with van der Waals surface area (Å²) in [5.74, 6) is 1.94. The van der Waals surface area contributed by atoms with Crippen LogP contribution in [0.25, 0.3) is 5.69 Å². The van der Waals surface area contributed by atoms with Crippen LogP contribution < -0.4 is 5.32 Å². The van der Waals surface area contributed by atoms with Gasteiger partial charge in [-0.05, 0) is 56.7 Å². The van der Waals surface area contributed by atoms with Crippen LogP contribution in [-0.2, 0) is 4.79 Å². The predicted molar refractivity (Wildman–Crippen MR) is 106 cm³/mol. The maximum absolute atomic E-state index is 12.2. The zero-order chi connectivity index (χ0) is 18.5. The summed E-state index contributed by atoms with van der Waals surface area (Å²) >= 11 is 1.45. The lowest BCUT2D eigenvalue weighted by molar-refractivity contribution is -0.118. The lowest BCUT2D eigenvalue weighted by atomic mass is 9.89. The third-order valence-electron chi connectivity index (χ3n) is 5.05. The van der Waals surface area contributed by atoms with E-state index < -0.39 is 0 Å². The van der Waals surface area contributed by atoms with Crippen molar-refractivity contribution < 1.29 is 4.79 Å². The molecule has 1 aliphatic carbocycles. The Morgan fingerprint density at radius 1 is 1.19 bits per heavy atom. The van der Waals surface area contributed by atoms with Crippen molar-refractivity contribution in [2.75, 3.05) is 12.3 Å². The van der Waals surface area contributed by atoms with Gasteiger partial charge in [-0.1, -0.05) is 43.2 Å². The smallest absolute Gasteiger partial charge is 0.230 e.